The van der Waals surface area contributed by atoms with E-state index in [9.17, 15) is 18.0 Å². The number of benzene rings is 3. The molecule has 0 spiro atoms. The lowest BCUT2D eigenvalue weighted by Crippen LogP contribution is -2.51. The Labute approximate surface area is 244 Å². The van der Waals surface area contributed by atoms with Crippen molar-refractivity contribution in [2.24, 2.45) is 0 Å². The lowest BCUT2D eigenvalue weighted by Gasteiger charge is -2.32. The second kappa shape index (κ2) is 13.6. The largest absolute Gasteiger partial charge is 0.355 e. The Balaban J connectivity index is 2.06. The number of nitrogens with zero attached hydrogens (tertiary/aromatic N) is 2. The van der Waals surface area contributed by atoms with Crippen molar-refractivity contribution in [3.8, 4) is 0 Å². The van der Waals surface area contributed by atoms with Gasteiger partial charge in [0.2, 0.25) is 11.8 Å². The van der Waals surface area contributed by atoms with E-state index in [1.54, 1.807) is 68.4 Å². The van der Waals surface area contributed by atoms with Gasteiger partial charge in [0.05, 0.1) is 10.6 Å². The van der Waals surface area contributed by atoms with Crippen LogP contribution in [0, 0.1) is 6.92 Å². The summed E-state index contributed by atoms with van der Waals surface area (Å²) in [6, 6.07) is 17.4. The average Bonchev–Trinajstić information content (AvgIpc) is 2.92. The number of rotatable bonds is 11. The number of hydrogen-bond acceptors (Lipinski definition) is 5. The van der Waals surface area contributed by atoms with Crippen molar-refractivity contribution in [3.05, 3.63) is 87.9 Å². The third-order valence-corrected chi connectivity index (χ3v) is 9.40. The Morgan fingerprint density at radius 1 is 0.974 bits per heavy atom. The molecule has 39 heavy (non-hydrogen) atoms. The zero-order chi connectivity index (χ0) is 28.7. The molecule has 0 radical (unpaired) electrons. The predicted octanol–water partition coefficient (Wildman–Crippen LogP) is 5.77. The molecule has 0 bridgehead atoms. The summed E-state index contributed by atoms with van der Waals surface area (Å²) in [6.07, 6.45) is 1.90. The first kappa shape index (κ1) is 30.8. The number of carbonyl (C=O) groups is 2. The van der Waals surface area contributed by atoms with E-state index in [2.05, 4.69) is 5.32 Å². The van der Waals surface area contributed by atoms with E-state index in [0.29, 0.717) is 27.8 Å². The molecular formula is C28H31Cl2N3O4S2. The quantitative estimate of drug-likeness (QED) is 0.279. The Hall–Kier alpha value is -2.72. The number of thioether (sulfide) groups is 1. The standard InChI is InChI=1S/C28H31Cl2N3O4S2/c1-5-31-28(35)20(3)32(17-24-25(29)7-6-8-26(24)30)27(34)18-33(21-11-9-19(2)10-12-21)39(36,37)23-15-13-22(38-4)14-16-23/h6-16,20H,5,17-18H2,1-4H3,(H,31,35)/t20-/m1/s1. The van der Waals surface area contributed by atoms with E-state index in [1.165, 1.54) is 28.8 Å². The highest BCUT2D eigenvalue weighted by Crippen LogP contribution is 2.29. The molecule has 3 aromatic carbocycles. The highest BCUT2D eigenvalue weighted by molar-refractivity contribution is 7.98. The number of hydrogen-bond donors (Lipinski definition) is 1. The minimum absolute atomic E-state index is 0.0474. The number of anilines is 1. The molecule has 3 aromatic rings. The summed E-state index contributed by atoms with van der Waals surface area (Å²) in [5, 5.41) is 3.39. The fraction of sp³-hybridized carbons (Fsp3) is 0.286. The highest BCUT2D eigenvalue weighted by atomic mass is 35.5. The van der Waals surface area contributed by atoms with Gasteiger partial charge in [-0.3, -0.25) is 13.9 Å². The first-order chi connectivity index (χ1) is 18.5. The lowest BCUT2D eigenvalue weighted by atomic mass is 10.1. The van der Waals surface area contributed by atoms with Crippen molar-refractivity contribution in [2.75, 3.05) is 23.7 Å². The molecule has 0 aliphatic heterocycles. The van der Waals surface area contributed by atoms with E-state index in [4.69, 9.17) is 23.2 Å². The molecule has 0 aliphatic rings. The van der Waals surface area contributed by atoms with Crippen molar-refractivity contribution < 1.29 is 18.0 Å². The van der Waals surface area contributed by atoms with Crippen LogP contribution in [0.4, 0.5) is 5.69 Å². The van der Waals surface area contributed by atoms with Gasteiger partial charge in [0, 0.05) is 33.6 Å². The Morgan fingerprint density at radius 3 is 2.10 bits per heavy atom. The fourth-order valence-electron chi connectivity index (χ4n) is 3.87. The molecule has 0 unspecified atom stereocenters. The third-order valence-electron chi connectivity index (χ3n) is 6.16. The van der Waals surface area contributed by atoms with Gasteiger partial charge in [-0.1, -0.05) is 47.0 Å². The van der Waals surface area contributed by atoms with E-state index in [0.717, 1.165) is 14.8 Å². The van der Waals surface area contributed by atoms with Crippen LogP contribution < -0.4 is 9.62 Å². The molecule has 0 heterocycles. The molecule has 1 atom stereocenters. The topological polar surface area (TPSA) is 86.8 Å². The molecule has 0 aliphatic carbocycles. The highest BCUT2D eigenvalue weighted by Gasteiger charge is 2.33. The summed E-state index contributed by atoms with van der Waals surface area (Å²) in [4.78, 5) is 29.0. The zero-order valence-corrected chi connectivity index (χ0v) is 25.3. The maximum absolute atomic E-state index is 13.9. The van der Waals surface area contributed by atoms with Crippen LogP contribution in [0.25, 0.3) is 0 Å². The minimum atomic E-state index is -4.14. The van der Waals surface area contributed by atoms with Crippen LogP contribution in [-0.4, -0.2) is 50.5 Å². The number of sulfonamides is 1. The zero-order valence-electron chi connectivity index (χ0n) is 22.1. The maximum Gasteiger partial charge on any atom is 0.264 e. The van der Waals surface area contributed by atoms with Gasteiger partial charge in [0.1, 0.15) is 12.6 Å². The van der Waals surface area contributed by atoms with Crippen molar-refractivity contribution >= 4 is 62.5 Å². The van der Waals surface area contributed by atoms with Gasteiger partial charge in [0.25, 0.3) is 10.0 Å². The summed E-state index contributed by atoms with van der Waals surface area (Å²) in [6.45, 7) is 4.99. The van der Waals surface area contributed by atoms with Crippen LogP contribution >= 0.6 is 35.0 Å². The Bertz CT molecular complexity index is 1400. The van der Waals surface area contributed by atoms with Crippen LogP contribution in [0.3, 0.4) is 0 Å². The van der Waals surface area contributed by atoms with Gasteiger partial charge in [-0.15, -0.1) is 11.8 Å². The summed E-state index contributed by atoms with van der Waals surface area (Å²) >= 11 is 14.3. The van der Waals surface area contributed by atoms with E-state index in [1.807, 2.05) is 13.2 Å². The van der Waals surface area contributed by atoms with Gasteiger partial charge in [0.15, 0.2) is 0 Å². The first-order valence-corrected chi connectivity index (χ1v) is 15.6. The second-order valence-electron chi connectivity index (χ2n) is 8.82. The number of likely N-dealkylation sites (N-methyl/N-ethyl adjacent to an activating group) is 1. The van der Waals surface area contributed by atoms with Gasteiger partial charge in [-0.2, -0.15) is 0 Å². The smallest absolute Gasteiger partial charge is 0.264 e. The average molecular weight is 609 g/mol. The predicted molar refractivity (Wildman–Crippen MR) is 159 cm³/mol. The van der Waals surface area contributed by atoms with E-state index in [-0.39, 0.29) is 17.3 Å². The SMILES string of the molecule is CCNC(=O)[C@@H](C)N(Cc1c(Cl)cccc1Cl)C(=O)CN(c1ccc(C)cc1)S(=O)(=O)c1ccc(SC)cc1. The Morgan fingerprint density at radius 2 is 1.56 bits per heavy atom. The van der Waals surface area contributed by atoms with Crippen molar-refractivity contribution in [3.63, 3.8) is 0 Å². The van der Waals surface area contributed by atoms with Crippen molar-refractivity contribution in [1.82, 2.24) is 10.2 Å². The van der Waals surface area contributed by atoms with Crippen LogP contribution in [0.15, 0.2) is 76.5 Å². The van der Waals surface area contributed by atoms with Gasteiger partial charge >= 0.3 is 0 Å². The summed E-state index contributed by atoms with van der Waals surface area (Å²) in [5.74, 6) is -0.971. The molecule has 0 fully saturated rings. The molecule has 11 heteroatoms. The molecule has 1 N–H and O–H groups in total. The maximum atomic E-state index is 13.9. The van der Waals surface area contributed by atoms with E-state index >= 15 is 0 Å². The summed E-state index contributed by atoms with van der Waals surface area (Å²) < 4.78 is 28.8. The third kappa shape index (κ3) is 7.48. The van der Waals surface area contributed by atoms with Gasteiger partial charge in [-0.05, 0) is 75.6 Å². The molecular weight excluding hydrogens is 577 g/mol. The molecule has 0 aromatic heterocycles. The molecule has 7 nitrogen and oxygen atoms in total. The number of halogens is 2. The summed E-state index contributed by atoms with van der Waals surface area (Å²) in [7, 11) is -4.14. The molecule has 3 rings (SSSR count). The van der Waals surface area contributed by atoms with Gasteiger partial charge < -0.3 is 10.2 Å². The fourth-order valence-corrected chi connectivity index (χ4v) is 6.21. The number of amides is 2. The van der Waals surface area contributed by atoms with Crippen LogP contribution in [0.1, 0.15) is 25.0 Å². The van der Waals surface area contributed by atoms with Crippen LogP contribution in [0.5, 0.6) is 0 Å². The van der Waals surface area contributed by atoms with Crippen LogP contribution in [0.2, 0.25) is 10.0 Å². The van der Waals surface area contributed by atoms with E-state index < -0.39 is 28.5 Å². The molecule has 0 saturated carbocycles. The monoisotopic (exact) mass is 607 g/mol. The van der Waals surface area contributed by atoms with Crippen molar-refractivity contribution in [2.45, 2.75) is 43.1 Å². The second-order valence-corrected chi connectivity index (χ2v) is 12.4. The van der Waals surface area contributed by atoms with Crippen molar-refractivity contribution in [1.29, 1.82) is 0 Å². The number of aryl methyl sites for hydroxylation is 1. The minimum Gasteiger partial charge on any atom is -0.355 e. The van der Waals surface area contributed by atoms with Crippen LogP contribution in [-0.2, 0) is 26.2 Å². The normalized spacial score (nSPS) is 12.1. The van der Waals surface area contributed by atoms with Gasteiger partial charge in [-0.25, -0.2) is 8.42 Å². The number of nitrogens with one attached hydrogen (secondary N) is 1. The molecule has 0 saturated heterocycles. The summed E-state index contributed by atoms with van der Waals surface area (Å²) in [5.41, 5.74) is 1.72. The molecule has 208 valence electrons. The number of carbonyl (C=O) groups excluding carboxylic acids is 2. The first-order valence-electron chi connectivity index (χ1n) is 12.2. The lowest BCUT2D eigenvalue weighted by molar-refractivity contribution is -0.139. The Kier molecular flexibility index (Phi) is 10.7. The molecule has 2 amide bonds.